The summed E-state index contributed by atoms with van der Waals surface area (Å²) < 4.78 is 18.0. The first kappa shape index (κ1) is 18.4. The van der Waals surface area contributed by atoms with E-state index in [1.807, 2.05) is 13.8 Å². The van der Waals surface area contributed by atoms with E-state index in [0.717, 1.165) is 6.29 Å². The summed E-state index contributed by atoms with van der Waals surface area (Å²) in [6.07, 6.45) is 5.39. The van der Waals surface area contributed by atoms with Gasteiger partial charge in [-0.1, -0.05) is 26.7 Å². The molecule has 1 fully saturated rings. The standard InChI is InChI=1S/C16H28O4Si/c1-9-12-14(19-16(5,6)18-12)13(10-11-17)20-21(7,8)15(2,3)4/h1,11-14H,10H2,2-8H3/t12-,13+,14-/m1/s1. The predicted octanol–water partition coefficient (Wildman–Crippen LogP) is 3.12. The zero-order valence-electron chi connectivity index (χ0n) is 14.2. The number of ether oxygens (including phenoxy) is 2. The minimum Gasteiger partial charge on any atom is -0.411 e. The van der Waals surface area contributed by atoms with E-state index in [1.54, 1.807) is 0 Å². The van der Waals surface area contributed by atoms with Crippen molar-refractivity contribution >= 4 is 14.6 Å². The number of carbonyl (C=O) groups is 1. The maximum Gasteiger partial charge on any atom is 0.192 e. The summed E-state index contributed by atoms with van der Waals surface area (Å²) in [7, 11) is -2.02. The van der Waals surface area contributed by atoms with Gasteiger partial charge in [-0.25, -0.2) is 0 Å². The summed E-state index contributed by atoms with van der Waals surface area (Å²) in [6, 6.07) is 0. The van der Waals surface area contributed by atoms with Gasteiger partial charge < -0.3 is 18.7 Å². The van der Waals surface area contributed by atoms with Gasteiger partial charge in [-0.05, 0) is 32.0 Å². The number of carbonyl (C=O) groups excluding carboxylic acids is 1. The summed E-state index contributed by atoms with van der Waals surface area (Å²) in [6.45, 7) is 14.4. The van der Waals surface area contributed by atoms with Crippen molar-refractivity contribution in [2.24, 2.45) is 0 Å². The van der Waals surface area contributed by atoms with E-state index in [1.165, 1.54) is 0 Å². The summed E-state index contributed by atoms with van der Waals surface area (Å²) in [5.41, 5.74) is 0. The number of terminal acetylenes is 1. The SMILES string of the molecule is C#C[C@H]1OC(C)(C)O[C@H]1[C@H](CC=O)O[Si](C)(C)C(C)(C)C. The number of hydrogen-bond acceptors (Lipinski definition) is 4. The van der Waals surface area contributed by atoms with Crippen LogP contribution >= 0.6 is 0 Å². The molecule has 0 spiro atoms. The second kappa shape index (κ2) is 6.21. The molecule has 0 aromatic heterocycles. The first-order valence-electron chi connectivity index (χ1n) is 7.37. The van der Waals surface area contributed by atoms with Gasteiger partial charge in [0.1, 0.15) is 18.5 Å². The van der Waals surface area contributed by atoms with Crippen LogP contribution in [0.5, 0.6) is 0 Å². The van der Waals surface area contributed by atoms with Crippen LogP contribution in [0.25, 0.3) is 0 Å². The third-order valence-corrected chi connectivity index (χ3v) is 8.74. The fraction of sp³-hybridized carbons (Fsp3) is 0.812. The van der Waals surface area contributed by atoms with Gasteiger partial charge in [-0.15, -0.1) is 6.42 Å². The van der Waals surface area contributed by atoms with E-state index in [9.17, 15) is 4.79 Å². The van der Waals surface area contributed by atoms with Gasteiger partial charge in [0.15, 0.2) is 14.1 Å². The van der Waals surface area contributed by atoms with Crippen LogP contribution in [0.4, 0.5) is 0 Å². The monoisotopic (exact) mass is 312 g/mol. The Morgan fingerprint density at radius 2 is 1.95 bits per heavy atom. The van der Waals surface area contributed by atoms with Gasteiger partial charge in [-0.2, -0.15) is 0 Å². The van der Waals surface area contributed by atoms with Gasteiger partial charge >= 0.3 is 0 Å². The Labute approximate surface area is 129 Å². The third-order valence-electron chi connectivity index (χ3n) is 4.24. The second-order valence-corrected chi connectivity index (χ2v) is 12.3. The lowest BCUT2D eigenvalue weighted by Gasteiger charge is -2.40. The minimum absolute atomic E-state index is 0.0504. The number of rotatable bonds is 5. The van der Waals surface area contributed by atoms with Gasteiger partial charge in [0, 0.05) is 6.42 Å². The first-order valence-corrected chi connectivity index (χ1v) is 10.3. The molecule has 0 unspecified atom stereocenters. The lowest BCUT2D eigenvalue weighted by atomic mass is 10.1. The highest BCUT2D eigenvalue weighted by Crippen LogP contribution is 2.40. The lowest BCUT2D eigenvalue weighted by Crippen LogP contribution is -2.49. The Kier molecular flexibility index (Phi) is 5.44. The largest absolute Gasteiger partial charge is 0.411 e. The summed E-state index contributed by atoms with van der Waals surface area (Å²) in [5.74, 6) is 1.85. The second-order valence-electron chi connectivity index (χ2n) is 7.51. The van der Waals surface area contributed by atoms with Crippen molar-refractivity contribution in [2.75, 3.05) is 0 Å². The third kappa shape index (κ3) is 4.40. The molecular weight excluding hydrogens is 284 g/mol. The van der Waals surface area contributed by atoms with Crippen molar-refractivity contribution in [2.45, 2.75) is 83.3 Å². The molecule has 1 saturated heterocycles. The molecule has 0 bridgehead atoms. The van der Waals surface area contributed by atoms with Crippen LogP contribution in [0.3, 0.4) is 0 Å². The fourth-order valence-corrected chi connectivity index (χ4v) is 3.43. The van der Waals surface area contributed by atoms with Crippen LogP contribution in [0.15, 0.2) is 0 Å². The van der Waals surface area contributed by atoms with Crippen molar-refractivity contribution < 1.29 is 18.7 Å². The normalized spacial score (nSPS) is 27.1. The molecule has 21 heavy (non-hydrogen) atoms. The zero-order chi connectivity index (χ0) is 16.5. The van der Waals surface area contributed by atoms with Gasteiger partial charge in [0.05, 0.1) is 6.10 Å². The quantitative estimate of drug-likeness (QED) is 0.444. The van der Waals surface area contributed by atoms with Crippen LogP contribution in [0.2, 0.25) is 18.1 Å². The Bertz CT molecular complexity index is 417. The van der Waals surface area contributed by atoms with Crippen molar-refractivity contribution in [3.05, 3.63) is 0 Å². The molecule has 1 rings (SSSR count). The van der Waals surface area contributed by atoms with E-state index in [-0.39, 0.29) is 17.6 Å². The average Bonchev–Trinajstić information content (AvgIpc) is 2.62. The number of aldehydes is 1. The highest BCUT2D eigenvalue weighted by atomic mass is 28.4. The zero-order valence-corrected chi connectivity index (χ0v) is 15.2. The maximum atomic E-state index is 11.1. The Morgan fingerprint density at radius 1 is 1.38 bits per heavy atom. The Morgan fingerprint density at radius 3 is 2.38 bits per heavy atom. The molecule has 120 valence electrons. The van der Waals surface area contributed by atoms with E-state index < -0.39 is 26.3 Å². The first-order chi connectivity index (χ1) is 9.43. The van der Waals surface area contributed by atoms with Crippen molar-refractivity contribution in [1.29, 1.82) is 0 Å². The molecule has 4 nitrogen and oxygen atoms in total. The van der Waals surface area contributed by atoms with Crippen LogP contribution in [0, 0.1) is 12.3 Å². The molecule has 0 N–H and O–H groups in total. The molecule has 0 aromatic carbocycles. The molecule has 1 heterocycles. The summed E-state index contributed by atoms with van der Waals surface area (Å²) >= 11 is 0. The fourth-order valence-electron chi connectivity index (χ4n) is 2.09. The van der Waals surface area contributed by atoms with Gasteiger partial charge in [-0.3, -0.25) is 0 Å². The van der Waals surface area contributed by atoms with Crippen molar-refractivity contribution in [1.82, 2.24) is 0 Å². The molecule has 3 atom stereocenters. The van der Waals surface area contributed by atoms with E-state index in [0.29, 0.717) is 0 Å². The molecule has 0 radical (unpaired) electrons. The summed E-state index contributed by atoms with van der Waals surface area (Å²) in [5, 5.41) is 0.0504. The highest BCUT2D eigenvalue weighted by molar-refractivity contribution is 6.74. The molecular formula is C16H28O4Si. The van der Waals surface area contributed by atoms with E-state index >= 15 is 0 Å². The number of hydrogen-bond donors (Lipinski definition) is 0. The molecule has 5 heteroatoms. The van der Waals surface area contributed by atoms with Crippen LogP contribution in [0.1, 0.15) is 41.0 Å². The lowest BCUT2D eigenvalue weighted by molar-refractivity contribution is -0.153. The van der Waals surface area contributed by atoms with Crippen molar-refractivity contribution in [3.63, 3.8) is 0 Å². The van der Waals surface area contributed by atoms with E-state index in [2.05, 4.69) is 39.8 Å². The van der Waals surface area contributed by atoms with Gasteiger partial charge in [0.2, 0.25) is 0 Å². The Hall–Kier alpha value is -0.673. The highest BCUT2D eigenvalue weighted by Gasteiger charge is 2.48. The summed E-state index contributed by atoms with van der Waals surface area (Å²) in [4.78, 5) is 11.1. The van der Waals surface area contributed by atoms with Crippen molar-refractivity contribution in [3.8, 4) is 12.3 Å². The molecule has 1 aliphatic heterocycles. The van der Waals surface area contributed by atoms with Crippen LogP contribution in [-0.4, -0.2) is 38.7 Å². The van der Waals surface area contributed by atoms with Crippen LogP contribution in [-0.2, 0) is 18.7 Å². The molecule has 0 aromatic rings. The topological polar surface area (TPSA) is 44.8 Å². The van der Waals surface area contributed by atoms with Crippen LogP contribution < -0.4 is 0 Å². The molecule has 1 aliphatic rings. The molecule has 0 saturated carbocycles. The van der Waals surface area contributed by atoms with Gasteiger partial charge in [0.25, 0.3) is 0 Å². The smallest absolute Gasteiger partial charge is 0.192 e. The molecule has 0 aliphatic carbocycles. The maximum absolute atomic E-state index is 11.1. The van der Waals surface area contributed by atoms with E-state index in [4.69, 9.17) is 20.3 Å². The molecule has 0 amide bonds. The predicted molar refractivity (Wildman–Crippen MR) is 85.4 cm³/mol. The average molecular weight is 312 g/mol. The minimum atomic E-state index is -2.02. The Balaban J connectivity index is 2.97.